The average Bonchev–Trinajstić information content (AvgIpc) is 2.86. The van der Waals surface area contributed by atoms with Crippen molar-refractivity contribution in [1.82, 2.24) is 25.3 Å². The van der Waals surface area contributed by atoms with Crippen LogP contribution in [-0.2, 0) is 17.8 Å². The lowest BCUT2D eigenvalue weighted by atomic mass is 10.1. The number of nitrogens with one attached hydrogen (secondary N) is 1. The third-order valence-corrected chi connectivity index (χ3v) is 3.40. The Bertz CT molecular complexity index is 446. The summed E-state index contributed by atoms with van der Waals surface area (Å²) in [5.41, 5.74) is 0. The number of hydrogen-bond acceptors (Lipinski definition) is 6. The molecular formula is C13H23N5O2. The van der Waals surface area contributed by atoms with Crippen LogP contribution in [0.1, 0.15) is 25.1 Å². The highest BCUT2D eigenvalue weighted by molar-refractivity contribution is 5.81. The predicted octanol–water partition coefficient (Wildman–Crippen LogP) is -0.116. The molecule has 1 aromatic heterocycles. The zero-order valence-electron chi connectivity index (χ0n) is 12.4. The minimum Gasteiger partial charge on any atom is -0.347 e. The number of nitrogens with zero attached hydrogens (tertiary/aromatic N) is 4. The second-order valence-electron chi connectivity index (χ2n) is 5.28. The molecule has 0 aliphatic carbocycles. The first-order valence-corrected chi connectivity index (χ1v) is 7.09. The number of carbonyl (C=O) groups is 1. The lowest BCUT2D eigenvalue weighted by molar-refractivity contribution is -0.135. The fraction of sp³-hybridized carbons (Fsp3) is 0.769. The molecule has 0 spiro atoms. The Morgan fingerprint density at radius 3 is 3.05 bits per heavy atom. The molecule has 1 saturated heterocycles. The number of rotatable bonds is 5. The van der Waals surface area contributed by atoms with E-state index in [1.807, 2.05) is 0 Å². The van der Waals surface area contributed by atoms with Gasteiger partial charge in [-0.15, -0.1) is 0 Å². The van der Waals surface area contributed by atoms with Gasteiger partial charge in [0.05, 0.1) is 6.54 Å². The first kappa shape index (κ1) is 14.9. The first-order chi connectivity index (χ1) is 9.61. The van der Waals surface area contributed by atoms with Crippen LogP contribution >= 0.6 is 0 Å². The van der Waals surface area contributed by atoms with Crippen LogP contribution in [-0.4, -0.2) is 65.6 Å². The number of amides is 1. The molecule has 1 unspecified atom stereocenters. The van der Waals surface area contributed by atoms with Crippen molar-refractivity contribution in [2.75, 3.05) is 33.7 Å². The molecule has 1 amide bonds. The number of likely N-dealkylation sites (N-methyl/N-ethyl adjacent to an activating group) is 1. The van der Waals surface area contributed by atoms with Crippen LogP contribution in [0.25, 0.3) is 0 Å². The number of hydrogen-bond donors (Lipinski definition) is 1. The van der Waals surface area contributed by atoms with Crippen LogP contribution in [0.4, 0.5) is 0 Å². The van der Waals surface area contributed by atoms with Crippen LogP contribution < -0.4 is 5.32 Å². The summed E-state index contributed by atoms with van der Waals surface area (Å²) >= 11 is 0. The lowest BCUT2D eigenvalue weighted by Crippen LogP contribution is -2.57. The number of piperazine rings is 1. The summed E-state index contributed by atoms with van der Waals surface area (Å²) in [6.07, 6.45) is 1.82. The fourth-order valence-corrected chi connectivity index (χ4v) is 2.33. The van der Waals surface area contributed by atoms with Crippen molar-refractivity contribution in [2.45, 2.75) is 32.4 Å². The molecule has 20 heavy (non-hydrogen) atoms. The number of aryl methyl sites for hydroxylation is 1. The Balaban J connectivity index is 2.02. The van der Waals surface area contributed by atoms with Crippen molar-refractivity contribution in [3.63, 3.8) is 0 Å². The molecule has 2 heterocycles. The van der Waals surface area contributed by atoms with E-state index in [0.717, 1.165) is 31.8 Å². The zero-order chi connectivity index (χ0) is 14.5. The zero-order valence-corrected chi connectivity index (χ0v) is 12.4. The van der Waals surface area contributed by atoms with Crippen LogP contribution in [0.5, 0.6) is 0 Å². The topological polar surface area (TPSA) is 74.5 Å². The van der Waals surface area contributed by atoms with E-state index >= 15 is 0 Å². The normalized spacial score (nSPS) is 20.1. The van der Waals surface area contributed by atoms with E-state index in [-0.39, 0.29) is 11.9 Å². The number of aromatic nitrogens is 2. The second-order valence-corrected chi connectivity index (χ2v) is 5.28. The van der Waals surface area contributed by atoms with Gasteiger partial charge in [0.1, 0.15) is 6.04 Å². The van der Waals surface area contributed by atoms with Gasteiger partial charge in [-0.25, -0.2) is 0 Å². The van der Waals surface area contributed by atoms with Gasteiger partial charge < -0.3 is 14.7 Å². The largest absolute Gasteiger partial charge is 0.347 e. The Hall–Kier alpha value is -1.47. The van der Waals surface area contributed by atoms with Gasteiger partial charge >= 0.3 is 0 Å². The Labute approximate surface area is 119 Å². The molecule has 1 N–H and O–H groups in total. The summed E-state index contributed by atoms with van der Waals surface area (Å²) in [6.45, 7) is 4.94. The molecule has 1 aromatic rings. The molecule has 2 rings (SSSR count). The van der Waals surface area contributed by atoms with E-state index in [4.69, 9.17) is 4.52 Å². The maximum absolute atomic E-state index is 12.2. The standard InChI is InChI=1S/C13H23N5O2/c1-4-5-11-15-12(20-16-11)9-18-7-6-14-8-10(18)13(19)17(2)3/h10,14H,4-9H2,1-3H3. The van der Waals surface area contributed by atoms with Crippen molar-refractivity contribution in [3.05, 3.63) is 11.7 Å². The minimum atomic E-state index is -0.166. The molecule has 1 aliphatic heterocycles. The first-order valence-electron chi connectivity index (χ1n) is 7.09. The van der Waals surface area contributed by atoms with E-state index in [1.165, 1.54) is 0 Å². The maximum atomic E-state index is 12.2. The average molecular weight is 281 g/mol. The molecule has 1 aliphatic rings. The highest BCUT2D eigenvalue weighted by Crippen LogP contribution is 2.11. The third kappa shape index (κ3) is 3.55. The Kier molecular flexibility index (Phi) is 5.08. The molecular weight excluding hydrogens is 258 g/mol. The van der Waals surface area contributed by atoms with Crippen LogP contribution in [0.3, 0.4) is 0 Å². The van der Waals surface area contributed by atoms with E-state index in [1.54, 1.807) is 19.0 Å². The van der Waals surface area contributed by atoms with Crippen molar-refractivity contribution in [1.29, 1.82) is 0 Å². The predicted molar refractivity (Wildman–Crippen MR) is 74.1 cm³/mol. The third-order valence-electron chi connectivity index (χ3n) is 3.40. The second kappa shape index (κ2) is 6.81. The van der Waals surface area contributed by atoms with Crippen molar-refractivity contribution < 1.29 is 9.32 Å². The highest BCUT2D eigenvalue weighted by Gasteiger charge is 2.30. The quantitative estimate of drug-likeness (QED) is 0.811. The van der Waals surface area contributed by atoms with Gasteiger partial charge in [0.25, 0.3) is 0 Å². The van der Waals surface area contributed by atoms with Gasteiger partial charge in [0.15, 0.2) is 5.82 Å². The molecule has 0 saturated carbocycles. The Morgan fingerprint density at radius 1 is 1.55 bits per heavy atom. The SMILES string of the molecule is CCCc1noc(CN2CCNCC2C(=O)N(C)C)n1. The lowest BCUT2D eigenvalue weighted by Gasteiger charge is -2.35. The Morgan fingerprint density at radius 2 is 2.35 bits per heavy atom. The van der Waals surface area contributed by atoms with Crippen molar-refractivity contribution in [3.8, 4) is 0 Å². The maximum Gasteiger partial charge on any atom is 0.240 e. The van der Waals surface area contributed by atoms with Gasteiger partial charge in [-0.1, -0.05) is 12.1 Å². The van der Waals surface area contributed by atoms with E-state index in [0.29, 0.717) is 19.0 Å². The molecule has 0 aromatic carbocycles. The van der Waals surface area contributed by atoms with Gasteiger partial charge in [-0.3, -0.25) is 9.69 Å². The summed E-state index contributed by atoms with van der Waals surface area (Å²) in [5, 5.41) is 7.21. The van der Waals surface area contributed by atoms with E-state index in [2.05, 4.69) is 27.3 Å². The summed E-state index contributed by atoms with van der Waals surface area (Å²) in [5.74, 6) is 1.44. The van der Waals surface area contributed by atoms with Crippen LogP contribution in [0, 0.1) is 0 Å². The van der Waals surface area contributed by atoms with Crippen molar-refractivity contribution >= 4 is 5.91 Å². The van der Waals surface area contributed by atoms with Crippen LogP contribution in [0.15, 0.2) is 4.52 Å². The molecule has 7 heteroatoms. The molecule has 112 valence electrons. The summed E-state index contributed by atoms with van der Waals surface area (Å²) < 4.78 is 5.26. The van der Waals surface area contributed by atoms with Gasteiger partial charge in [-0.05, 0) is 6.42 Å². The molecule has 0 radical (unpaired) electrons. The smallest absolute Gasteiger partial charge is 0.240 e. The fourth-order valence-electron chi connectivity index (χ4n) is 2.33. The summed E-state index contributed by atoms with van der Waals surface area (Å²) in [4.78, 5) is 20.3. The van der Waals surface area contributed by atoms with E-state index in [9.17, 15) is 4.79 Å². The van der Waals surface area contributed by atoms with Gasteiger partial charge in [0, 0.05) is 40.2 Å². The summed E-state index contributed by atoms with van der Waals surface area (Å²) in [6, 6.07) is -0.166. The van der Waals surface area contributed by atoms with E-state index < -0.39 is 0 Å². The monoisotopic (exact) mass is 281 g/mol. The molecule has 0 bridgehead atoms. The number of carbonyl (C=O) groups excluding carboxylic acids is 1. The summed E-state index contributed by atoms with van der Waals surface area (Å²) in [7, 11) is 3.56. The minimum absolute atomic E-state index is 0.102. The molecule has 1 atom stereocenters. The van der Waals surface area contributed by atoms with Gasteiger partial charge in [0.2, 0.25) is 11.8 Å². The van der Waals surface area contributed by atoms with Crippen molar-refractivity contribution in [2.24, 2.45) is 0 Å². The molecule has 7 nitrogen and oxygen atoms in total. The highest BCUT2D eigenvalue weighted by atomic mass is 16.5. The van der Waals surface area contributed by atoms with Gasteiger partial charge in [-0.2, -0.15) is 4.98 Å². The van der Waals surface area contributed by atoms with Crippen LogP contribution in [0.2, 0.25) is 0 Å². The molecule has 1 fully saturated rings.